The van der Waals surface area contributed by atoms with Gasteiger partial charge in [0.1, 0.15) is 18.2 Å². The van der Waals surface area contributed by atoms with Crippen molar-refractivity contribution >= 4 is 34.9 Å². The number of carbonyl (C=O) groups is 2. The number of amides is 1. The van der Waals surface area contributed by atoms with Crippen molar-refractivity contribution in [3.8, 4) is 0 Å². The molecule has 1 amide bonds. The molecular formula is C10H9ClN2O6. The second kappa shape index (κ2) is 6.66. The van der Waals surface area contributed by atoms with E-state index in [-0.39, 0.29) is 16.4 Å². The average Bonchev–Trinajstić information content (AvgIpc) is 2.30. The maximum atomic E-state index is 11.3. The van der Waals surface area contributed by atoms with Crippen molar-refractivity contribution in [2.75, 3.05) is 18.5 Å². The van der Waals surface area contributed by atoms with E-state index >= 15 is 0 Å². The van der Waals surface area contributed by atoms with E-state index in [4.69, 9.17) is 16.7 Å². The van der Waals surface area contributed by atoms with Gasteiger partial charge in [0.15, 0.2) is 0 Å². The van der Waals surface area contributed by atoms with E-state index in [9.17, 15) is 19.7 Å². The smallest absolute Gasteiger partial charge is 0.329 e. The van der Waals surface area contributed by atoms with Gasteiger partial charge in [-0.15, -0.1) is 0 Å². The molecule has 0 bridgehead atoms. The number of carboxylic acid groups (broad SMARTS) is 1. The van der Waals surface area contributed by atoms with E-state index in [1.165, 1.54) is 12.1 Å². The molecule has 1 aromatic carbocycles. The minimum absolute atomic E-state index is 0.0508. The summed E-state index contributed by atoms with van der Waals surface area (Å²) in [5, 5.41) is 21.2. The molecule has 0 aromatic heterocycles. The highest BCUT2D eigenvalue weighted by Crippen LogP contribution is 2.27. The van der Waals surface area contributed by atoms with Gasteiger partial charge in [-0.1, -0.05) is 11.6 Å². The van der Waals surface area contributed by atoms with Gasteiger partial charge in [0, 0.05) is 11.8 Å². The molecule has 1 aromatic rings. The Kier molecular flexibility index (Phi) is 5.22. The number of rotatable bonds is 6. The molecule has 8 nitrogen and oxygen atoms in total. The van der Waals surface area contributed by atoms with Crippen LogP contribution in [0.3, 0.4) is 0 Å². The standard InChI is InChI=1S/C10H9ClN2O6/c11-7-2-1-6(3-8(7)13(17)18)12-9(14)4-19-5-10(15)16/h1-3H,4-5H2,(H,12,14)(H,15,16). The Labute approximate surface area is 112 Å². The molecular weight excluding hydrogens is 280 g/mol. The number of nitrogens with zero attached hydrogens (tertiary/aromatic N) is 1. The molecule has 0 radical (unpaired) electrons. The lowest BCUT2D eigenvalue weighted by Crippen LogP contribution is -2.20. The number of hydrogen-bond donors (Lipinski definition) is 2. The zero-order chi connectivity index (χ0) is 14.4. The van der Waals surface area contributed by atoms with E-state index in [0.29, 0.717) is 0 Å². The number of nitro groups is 1. The fraction of sp³-hybridized carbons (Fsp3) is 0.200. The van der Waals surface area contributed by atoms with Crippen LogP contribution in [0.2, 0.25) is 5.02 Å². The van der Waals surface area contributed by atoms with Gasteiger partial charge in [0.05, 0.1) is 4.92 Å². The predicted molar refractivity (Wildman–Crippen MR) is 65.2 cm³/mol. The highest BCUT2D eigenvalue weighted by atomic mass is 35.5. The zero-order valence-corrected chi connectivity index (χ0v) is 10.2. The van der Waals surface area contributed by atoms with Crippen molar-refractivity contribution in [1.82, 2.24) is 0 Å². The van der Waals surface area contributed by atoms with Gasteiger partial charge in [-0.2, -0.15) is 0 Å². The molecule has 9 heteroatoms. The number of carbonyl (C=O) groups excluding carboxylic acids is 1. The summed E-state index contributed by atoms with van der Waals surface area (Å²) >= 11 is 5.60. The highest BCUT2D eigenvalue weighted by Gasteiger charge is 2.14. The Morgan fingerprint density at radius 2 is 2.11 bits per heavy atom. The number of benzene rings is 1. The van der Waals surface area contributed by atoms with E-state index in [1.807, 2.05) is 0 Å². The Balaban J connectivity index is 2.62. The van der Waals surface area contributed by atoms with Crippen LogP contribution < -0.4 is 5.32 Å². The number of carboxylic acids is 1. The molecule has 19 heavy (non-hydrogen) atoms. The lowest BCUT2D eigenvalue weighted by Gasteiger charge is -2.05. The number of halogens is 1. The lowest BCUT2D eigenvalue weighted by molar-refractivity contribution is -0.384. The number of anilines is 1. The molecule has 0 fully saturated rings. The molecule has 0 saturated carbocycles. The van der Waals surface area contributed by atoms with Gasteiger partial charge >= 0.3 is 5.97 Å². The Morgan fingerprint density at radius 1 is 1.42 bits per heavy atom. The first kappa shape index (κ1) is 14.9. The quantitative estimate of drug-likeness (QED) is 0.601. The van der Waals surface area contributed by atoms with Crippen molar-refractivity contribution in [1.29, 1.82) is 0 Å². The van der Waals surface area contributed by atoms with Gasteiger partial charge in [-0.05, 0) is 12.1 Å². The van der Waals surface area contributed by atoms with Crippen LogP contribution in [0.4, 0.5) is 11.4 Å². The van der Waals surface area contributed by atoms with Crippen LogP contribution in [0.5, 0.6) is 0 Å². The van der Waals surface area contributed by atoms with E-state index in [0.717, 1.165) is 6.07 Å². The third-order valence-electron chi connectivity index (χ3n) is 1.89. The van der Waals surface area contributed by atoms with Crippen molar-refractivity contribution in [2.45, 2.75) is 0 Å². The van der Waals surface area contributed by atoms with Gasteiger partial charge in [-0.25, -0.2) is 4.79 Å². The number of hydrogen-bond acceptors (Lipinski definition) is 5. The summed E-state index contributed by atoms with van der Waals surface area (Å²) in [5.74, 6) is -1.83. The average molecular weight is 289 g/mol. The summed E-state index contributed by atoms with van der Waals surface area (Å²) in [7, 11) is 0. The second-order valence-electron chi connectivity index (χ2n) is 3.36. The molecule has 0 spiro atoms. The summed E-state index contributed by atoms with van der Waals surface area (Å²) in [6.45, 7) is -1.07. The number of nitrogens with one attached hydrogen (secondary N) is 1. The minimum atomic E-state index is -1.20. The highest BCUT2D eigenvalue weighted by molar-refractivity contribution is 6.32. The lowest BCUT2D eigenvalue weighted by atomic mass is 10.3. The molecule has 0 aliphatic carbocycles. The van der Waals surface area contributed by atoms with Crippen molar-refractivity contribution in [3.63, 3.8) is 0 Å². The molecule has 0 saturated heterocycles. The molecule has 0 unspecified atom stereocenters. The summed E-state index contributed by atoms with van der Waals surface area (Å²) in [4.78, 5) is 31.4. The maximum absolute atomic E-state index is 11.3. The van der Waals surface area contributed by atoms with Crippen molar-refractivity contribution in [2.24, 2.45) is 0 Å². The van der Waals surface area contributed by atoms with Crippen LogP contribution in [-0.2, 0) is 14.3 Å². The Hall–Kier alpha value is -2.19. The molecule has 0 atom stereocenters. The van der Waals surface area contributed by atoms with E-state index < -0.39 is 30.0 Å². The number of ether oxygens (including phenoxy) is 1. The first-order valence-corrected chi connectivity index (χ1v) is 5.31. The topological polar surface area (TPSA) is 119 Å². The summed E-state index contributed by atoms with van der Waals surface area (Å²) in [5.41, 5.74) is -0.175. The fourth-order valence-corrected chi connectivity index (χ4v) is 1.35. The van der Waals surface area contributed by atoms with Gasteiger partial charge in [-0.3, -0.25) is 14.9 Å². The van der Waals surface area contributed by atoms with Crippen molar-refractivity contribution < 1.29 is 24.4 Å². The van der Waals surface area contributed by atoms with E-state index in [1.54, 1.807) is 0 Å². The summed E-state index contributed by atoms with van der Waals surface area (Å²) < 4.78 is 4.56. The van der Waals surface area contributed by atoms with Crippen LogP contribution in [0.25, 0.3) is 0 Å². The fourth-order valence-electron chi connectivity index (χ4n) is 1.16. The summed E-state index contributed by atoms with van der Waals surface area (Å²) in [6.07, 6.45) is 0. The zero-order valence-electron chi connectivity index (χ0n) is 9.46. The third-order valence-corrected chi connectivity index (χ3v) is 2.20. The Bertz CT molecular complexity index is 519. The molecule has 0 aliphatic rings. The number of aliphatic carboxylic acids is 1. The van der Waals surface area contributed by atoms with Crippen LogP contribution >= 0.6 is 11.6 Å². The largest absolute Gasteiger partial charge is 0.480 e. The summed E-state index contributed by atoms with van der Waals surface area (Å²) in [6, 6.07) is 3.75. The second-order valence-corrected chi connectivity index (χ2v) is 3.77. The third kappa shape index (κ3) is 4.90. The normalized spacial score (nSPS) is 9.95. The molecule has 0 aliphatic heterocycles. The predicted octanol–water partition coefficient (Wildman–Crippen LogP) is 1.29. The monoisotopic (exact) mass is 288 g/mol. The minimum Gasteiger partial charge on any atom is -0.480 e. The first-order valence-electron chi connectivity index (χ1n) is 4.93. The Morgan fingerprint density at radius 3 is 2.68 bits per heavy atom. The first-order chi connectivity index (χ1) is 8.90. The maximum Gasteiger partial charge on any atom is 0.329 e. The van der Waals surface area contributed by atoms with Gasteiger partial charge < -0.3 is 15.2 Å². The van der Waals surface area contributed by atoms with Crippen LogP contribution in [0.1, 0.15) is 0 Å². The molecule has 0 heterocycles. The van der Waals surface area contributed by atoms with E-state index in [2.05, 4.69) is 10.1 Å². The van der Waals surface area contributed by atoms with Gasteiger partial charge in [0.25, 0.3) is 5.69 Å². The SMILES string of the molecule is O=C(O)COCC(=O)Nc1ccc(Cl)c([N+](=O)[O-])c1. The molecule has 1 rings (SSSR count). The number of nitro benzene ring substituents is 1. The molecule has 2 N–H and O–H groups in total. The molecule has 102 valence electrons. The van der Waals surface area contributed by atoms with Crippen LogP contribution in [-0.4, -0.2) is 35.1 Å². The van der Waals surface area contributed by atoms with Crippen LogP contribution in [0, 0.1) is 10.1 Å². The van der Waals surface area contributed by atoms with Crippen molar-refractivity contribution in [3.05, 3.63) is 33.3 Å². The van der Waals surface area contributed by atoms with Crippen LogP contribution in [0.15, 0.2) is 18.2 Å². The van der Waals surface area contributed by atoms with Gasteiger partial charge in [0.2, 0.25) is 5.91 Å².